The second-order valence-electron chi connectivity index (χ2n) is 5.81. The molecule has 0 bridgehead atoms. The number of fused-ring (bicyclic) bond motifs is 1. The number of furan rings is 1. The minimum atomic E-state index is 0.305. The largest absolute Gasteiger partial charge is 0.465 e. The Labute approximate surface area is 121 Å². The average molecular weight is 269 g/mol. The molecule has 2 nitrogen and oxygen atoms in total. The normalized spacial score (nSPS) is 19.6. The summed E-state index contributed by atoms with van der Waals surface area (Å²) in [6.07, 6.45) is 4.93. The van der Waals surface area contributed by atoms with E-state index >= 15 is 0 Å². The fraction of sp³-hybridized carbons (Fsp3) is 0.444. The van der Waals surface area contributed by atoms with Crippen molar-refractivity contribution in [3.63, 3.8) is 0 Å². The molecule has 106 valence electrons. The Balaban J connectivity index is 1.80. The molecule has 0 amide bonds. The third-order valence-electron chi connectivity index (χ3n) is 4.47. The number of aryl methyl sites for hydroxylation is 2. The first kappa shape index (κ1) is 13.4. The van der Waals surface area contributed by atoms with Crippen molar-refractivity contribution in [2.45, 2.75) is 44.6 Å². The molecule has 1 N–H and O–H groups in total. The Morgan fingerprint density at radius 1 is 1.25 bits per heavy atom. The van der Waals surface area contributed by atoms with Crippen molar-refractivity contribution in [1.82, 2.24) is 5.32 Å². The van der Waals surface area contributed by atoms with Gasteiger partial charge in [-0.2, -0.15) is 0 Å². The first-order chi connectivity index (χ1) is 9.78. The first-order valence-corrected chi connectivity index (χ1v) is 7.59. The van der Waals surface area contributed by atoms with Crippen LogP contribution >= 0.6 is 0 Å². The van der Waals surface area contributed by atoms with Crippen LogP contribution in [0.15, 0.2) is 40.8 Å². The topological polar surface area (TPSA) is 25.2 Å². The van der Waals surface area contributed by atoms with E-state index in [1.807, 2.05) is 14.0 Å². The Bertz CT molecular complexity index is 572. The number of benzene rings is 1. The molecule has 0 spiro atoms. The summed E-state index contributed by atoms with van der Waals surface area (Å²) in [6.45, 7) is 2.01. The third-order valence-corrected chi connectivity index (χ3v) is 4.47. The smallest absolute Gasteiger partial charge is 0.121 e. The fourth-order valence-corrected chi connectivity index (χ4v) is 3.40. The van der Waals surface area contributed by atoms with Gasteiger partial charge in [0.2, 0.25) is 0 Å². The molecule has 1 aliphatic rings. The molecule has 0 radical (unpaired) electrons. The van der Waals surface area contributed by atoms with Gasteiger partial charge in [-0.1, -0.05) is 24.3 Å². The Kier molecular flexibility index (Phi) is 3.93. The maximum Gasteiger partial charge on any atom is 0.121 e. The van der Waals surface area contributed by atoms with Crippen molar-refractivity contribution in [3.05, 3.63) is 59.0 Å². The van der Waals surface area contributed by atoms with Crippen LogP contribution in [-0.4, -0.2) is 7.05 Å². The van der Waals surface area contributed by atoms with Gasteiger partial charge in [0.25, 0.3) is 0 Å². The van der Waals surface area contributed by atoms with Crippen molar-refractivity contribution >= 4 is 0 Å². The summed E-state index contributed by atoms with van der Waals surface area (Å²) in [5, 5.41) is 3.42. The molecule has 1 aromatic carbocycles. The second-order valence-corrected chi connectivity index (χ2v) is 5.81. The zero-order valence-corrected chi connectivity index (χ0v) is 12.4. The van der Waals surface area contributed by atoms with Crippen LogP contribution in [0.5, 0.6) is 0 Å². The molecule has 2 unspecified atom stereocenters. The van der Waals surface area contributed by atoms with Gasteiger partial charge in [0.15, 0.2) is 0 Å². The van der Waals surface area contributed by atoms with Gasteiger partial charge in [-0.05, 0) is 68.8 Å². The lowest BCUT2D eigenvalue weighted by Gasteiger charge is -2.28. The lowest BCUT2D eigenvalue weighted by molar-refractivity contribution is 0.368. The molecule has 1 aliphatic carbocycles. The molecule has 0 saturated heterocycles. The van der Waals surface area contributed by atoms with E-state index in [4.69, 9.17) is 4.42 Å². The van der Waals surface area contributed by atoms with Crippen molar-refractivity contribution in [3.8, 4) is 0 Å². The summed E-state index contributed by atoms with van der Waals surface area (Å²) in [7, 11) is 2.03. The number of rotatable bonds is 4. The summed E-state index contributed by atoms with van der Waals surface area (Å²) in [5.74, 6) is 2.69. The standard InChI is InChI=1S/C18H23NO/c1-13-10-11-18(20-13)17(19-2)12-15-8-5-7-14-6-3-4-9-16(14)15/h3-4,6,9-11,15,17,19H,5,7-8,12H2,1-2H3. The molecule has 2 atom stereocenters. The average Bonchev–Trinajstić information content (AvgIpc) is 2.91. The van der Waals surface area contributed by atoms with Gasteiger partial charge in [-0.25, -0.2) is 0 Å². The molecule has 1 heterocycles. The highest BCUT2D eigenvalue weighted by atomic mass is 16.3. The van der Waals surface area contributed by atoms with E-state index in [0.29, 0.717) is 12.0 Å². The fourth-order valence-electron chi connectivity index (χ4n) is 3.40. The Hall–Kier alpha value is -1.54. The lowest BCUT2D eigenvalue weighted by Crippen LogP contribution is -2.21. The molecule has 0 aliphatic heterocycles. The zero-order valence-electron chi connectivity index (χ0n) is 12.4. The summed E-state index contributed by atoms with van der Waals surface area (Å²) in [5.41, 5.74) is 3.08. The predicted octanol–water partition coefficient (Wildman–Crippen LogP) is 4.36. The molecule has 0 saturated carbocycles. The molecule has 1 aromatic heterocycles. The quantitative estimate of drug-likeness (QED) is 0.892. The summed E-state index contributed by atoms with van der Waals surface area (Å²) >= 11 is 0. The second kappa shape index (κ2) is 5.84. The van der Waals surface area contributed by atoms with E-state index < -0.39 is 0 Å². The van der Waals surface area contributed by atoms with Gasteiger partial charge in [0.1, 0.15) is 11.5 Å². The molecular weight excluding hydrogens is 246 g/mol. The van der Waals surface area contributed by atoms with E-state index in [1.54, 1.807) is 5.56 Å². The highest BCUT2D eigenvalue weighted by molar-refractivity contribution is 5.33. The van der Waals surface area contributed by atoms with Crippen LogP contribution in [0.1, 0.15) is 53.9 Å². The van der Waals surface area contributed by atoms with Gasteiger partial charge >= 0.3 is 0 Å². The van der Waals surface area contributed by atoms with Crippen LogP contribution < -0.4 is 5.32 Å². The monoisotopic (exact) mass is 269 g/mol. The first-order valence-electron chi connectivity index (χ1n) is 7.59. The van der Waals surface area contributed by atoms with Crippen LogP contribution in [-0.2, 0) is 6.42 Å². The molecule has 2 aromatic rings. The van der Waals surface area contributed by atoms with Crippen LogP contribution in [0, 0.1) is 6.92 Å². The van der Waals surface area contributed by atoms with Gasteiger partial charge in [0, 0.05) is 0 Å². The lowest BCUT2D eigenvalue weighted by atomic mass is 9.79. The van der Waals surface area contributed by atoms with E-state index in [0.717, 1.165) is 17.9 Å². The van der Waals surface area contributed by atoms with Crippen LogP contribution in [0.3, 0.4) is 0 Å². The number of nitrogens with one attached hydrogen (secondary N) is 1. The van der Waals surface area contributed by atoms with Crippen LogP contribution in [0.2, 0.25) is 0 Å². The molecule has 20 heavy (non-hydrogen) atoms. The highest BCUT2D eigenvalue weighted by Gasteiger charge is 2.24. The van der Waals surface area contributed by atoms with Gasteiger partial charge in [-0.3, -0.25) is 0 Å². The van der Waals surface area contributed by atoms with Crippen molar-refractivity contribution in [2.24, 2.45) is 0 Å². The number of hydrogen-bond acceptors (Lipinski definition) is 2. The third kappa shape index (κ3) is 2.66. The summed E-state index contributed by atoms with van der Waals surface area (Å²) < 4.78 is 5.80. The summed E-state index contributed by atoms with van der Waals surface area (Å²) in [4.78, 5) is 0. The van der Waals surface area contributed by atoms with Gasteiger partial charge in [-0.15, -0.1) is 0 Å². The SMILES string of the molecule is CNC(CC1CCCc2ccccc21)c1ccc(C)o1. The van der Waals surface area contributed by atoms with E-state index in [1.165, 1.54) is 24.8 Å². The van der Waals surface area contributed by atoms with Crippen molar-refractivity contribution < 1.29 is 4.42 Å². The Morgan fingerprint density at radius 2 is 2.10 bits per heavy atom. The van der Waals surface area contributed by atoms with E-state index in [2.05, 4.69) is 41.7 Å². The summed E-state index contributed by atoms with van der Waals surface area (Å²) in [6, 6.07) is 13.4. The molecule has 3 rings (SSSR count). The van der Waals surface area contributed by atoms with Gasteiger partial charge in [0.05, 0.1) is 6.04 Å². The van der Waals surface area contributed by atoms with Crippen molar-refractivity contribution in [2.75, 3.05) is 7.05 Å². The zero-order chi connectivity index (χ0) is 13.9. The molecule has 0 fully saturated rings. The number of hydrogen-bond donors (Lipinski definition) is 1. The predicted molar refractivity (Wildman–Crippen MR) is 82.0 cm³/mol. The van der Waals surface area contributed by atoms with Gasteiger partial charge < -0.3 is 9.73 Å². The molecular formula is C18H23NO. The Morgan fingerprint density at radius 3 is 2.85 bits per heavy atom. The minimum Gasteiger partial charge on any atom is -0.465 e. The van der Waals surface area contributed by atoms with E-state index in [9.17, 15) is 0 Å². The molecule has 2 heteroatoms. The maximum atomic E-state index is 5.80. The van der Waals surface area contributed by atoms with Crippen molar-refractivity contribution in [1.29, 1.82) is 0 Å². The minimum absolute atomic E-state index is 0.305. The van der Waals surface area contributed by atoms with E-state index in [-0.39, 0.29) is 0 Å². The highest BCUT2D eigenvalue weighted by Crippen LogP contribution is 2.37. The maximum absolute atomic E-state index is 5.80. The van der Waals surface area contributed by atoms with Crippen LogP contribution in [0.25, 0.3) is 0 Å². The van der Waals surface area contributed by atoms with Crippen LogP contribution in [0.4, 0.5) is 0 Å².